The lowest BCUT2D eigenvalue weighted by Crippen LogP contribution is -2.42. The Hall–Kier alpha value is -1.62. The lowest BCUT2D eigenvalue weighted by molar-refractivity contribution is -0.146. The van der Waals surface area contributed by atoms with Crippen molar-refractivity contribution >= 4 is 16.0 Å². The number of carboxylic acid groups (broad SMARTS) is 1. The van der Waals surface area contributed by atoms with Crippen molar-refractivity contribution in [3.05, 3.63) is 11.9 Å². The number of aromatic nitrogens is 2. The number of halogens is 3. The van der Waals surface area contributed by atoms with Gasteiger partial charge in [-0.3, -0.25) is 9.48 Å². The van der Waals surface area contributed by atoms with E-state index in [1.54, 1.807) is 0 Å². The van der Waals surface area contributed by atoms with Crippen molar-refractivity contribution in [2.45, 2.75) is 23.9 Å². The summed E-state index contributed by atoms with van der Waals surface area (Å²) in [5, 5.41) is 12.3. The summed E-state index contributed by atoms with van der Waals surface area (Å²) in [5.74, 6) is -2.09. The molecule has 1 unspecified atom stereocenters. The van der Waals surface area contributed by atoms with E-state index in [0.717, 1.165) is 11.4 Å². The Morgan fingerprint density at radius 3 is 2.64 bits per heavy atom. The SMILES string of the molecule is Cn1ncc(S(=O)(=O)N2CCCC(C(=O)O)C2)c1C(F)(F)F. The van der Waals surface area contributed by atoms with Crippen LogP contribution >= 0.6 is 0 Å². The third kappa shape index (κ3) is 2.95. The Morgan fingerprint density at radius 1 is 1.45 bits per heavy atom. The highest BCUT2D eigenvalue weighted by Crippen LogP contribution is 2.35. The zero-order chi connectivity index (χ0) is 16.7. The molecule has 1 atom stereocenters. The molecule has 22 heavy (non-hydrogen) atoms. The fourth-order valence-corrected chi connectivity index (χ4v) is 4.13. The van der Waals surface area contributed by atoms with Crippen molar-refractivity contribution in [3.63, 3.8) is 0 Å². The summed E-state index contributed by atoms with van der Waals surface area (Å²) in [4.78, 5) is 10.0. The number of alkyl halides is 3. The lowest BCUT2D eigenvalue weighted by atomic mass is 10.0. The van der Waals surface area contributed by atoms with Crippen LogP contribution in [0.1, 0.15) is 18.5 Å². The lowest BCUT2D eigenvalue weighted by Gasteiger charge is -2.29. The molecule has 1 fully saturated rings. The third-order valence-electron chi connectivity index (χ3n) is 3.52. The average Bonchev–Trinajstić information content (AvgIpc) is 2.81. The fraction of sp³-hybridized carbons (Fsp3) is 0.636. The van der Waals surface area contributed by atoms with Crippen molar-refractivity contribution in [1.82, 2.24) is 14.1 Å². The van der Waals surface area contributed by atoms with Crippen molar-refractivity contribution in [3.8, 4) is 0 Å². The van der Waals surface area contributed by atoms with Crippen LogP contribution in [0.5, 0.6) is 0 Å². The quantitative estimate of drug-likeness (QED) is 0.883. The van der Waals surface area contributed by atoms with Crippen LogP contribution in [0.3, 0.4) is 0 Å². The van der Waals surface area contributed by atoms with Gasteiger partial charge in [0.25, 0.3) is 0 Å². The molecule has 0 aromatic carbocycles. The largest absolute Gasteiger partial charge is 0.481 e. The van der Waals surface area contributed by atoms with Crippen LogP contribution in [-0.2, 0) is 28.0 Å². The molecule has 1 aromatic rings. The number of hydrogen-bond acceptors (Lipinski definition) is 4. The monoisotopic (exact) mass is 341 g/mol. The van der Waals surface area contributed by atoms with Gasteiger partial charge in [-0.25, -0.2) is 8.42 Å². The third-order valence-corrected chi connectivity index (χ3v) is 5.39. The van der Waals surface area contributed by atoms with Gasteiger partial charge in [0, 0.05) is 20.1 Å². The first-order valence-electron chi connectivity index (χ1n) is 6.37. The molecule has 2 rings (SSSR count). The molecule has 0 saturated carbocycles. The van der Waals surface area contributed by atoms with E-state index in [1.807, 2.05) is 0 Å². The van der Waals surface area contributed by atoms with Gasteiger partial charge in [-0.05, 0) is 12.8 Å². The summed E-state index contributed by atoms with van der Waals surface area (Å²) in [7, 11) is -3.46. The van der Waals surface area contributed by atoms with E-state index in [1.165, 1.54) is 0 Å². The maximum absolute atomic E-state index is 13.0. The Balaban J connectivity index is 2.42. The van der Waals surface area contributed by atoms with E-state index in [4.69, 9.17) is 5.11 Å². The molecule has 1 aliphatic rings. The normalized spacial score (nSPS) is 21.0. The molecule has 11 heteroatoms. The second-order valence-electron chi connectivity index (χ2n) is 5.02. The Morgan fingerprint density at radius 2 is 2.09 bits per heavy atom. The number of piperidine rings is 1. The molecule has 1 aromatic heterocycles. The molecule has 0 radical (unpaired) electrons. The molecule has 1 aliphatic heterocycles. The first-order chi connectivity index (χ1) is 10.0. The Bertz CT molecular complexity index is 683. The molecule has 124 valence electrons. The zero-order valence-corrected chi connectivity index (χ0v) is 12.4. The van der Waals surface area contributed by atoms with Crippen LogP contribution in [0.2, 0.25) is 0 Å². The second-order valence-corrected chi connectivity index (χ2v) is 6.93. The van der Waals surface area contributed by atoms with E-state index in [9.17, 15) is 26.4 Å². The number of aryl methyl sites for hydroxylation is 1. The second kappa shape index (κ2) is 5.54. The number of sulfonamides is 1. The number of nitrogens with zero attached hydrogens (tertiary/aromatic N) is 3. The van der Waals surface area contributed by atoms with Crippen LogP contribution in [0.25, 0.3) is 0 Å². The molecule has 1 saturated heterocycles. The molecular weight excluding hydrogens is 327 g/mol. The first-order valence-corrected chi connectivity index (χ1v) is 7.81. The highest BCUT2D eigenvalue weighted by molar-refractivity contribution is 7.89. The van der Waals surface area contributed by atoms with Gasteiger partial charge in [-0.15, -0.1) is 0 Å². The van der Waals surface area contributed by atoms with Gasteiger partial charge >= 0.3 is 12.1 Å². The summed E-state index contributed by atoms with van der Waals surface area (Å²) in [6.07, 6.45) is -3.67. The minimum absolute atomic E-state index is 0.0156. The van der Waals surface area contributed by atoms with Gasteiger partial charge in [0.1, 0.15) is 4.90 Å². The predicted octanol–water partition coefficient (Wildman–Crippen LogP) is 0.924. The number of carbonyl (C=O) groups is 1. The molecule has 0 aliphatic carbocycles. The van der Waals surface area contributed by atoms with E-state index >= 15 is 0 Å². The molecule has 0 bridgehead atoms. The number of rotatable bonds is 3. The average molecular weight is 341 g/mol. The van der Waals surface area contributed by atoms with Crippen LogP contribution < -0.4 is 0 Å². The summed E-state index contributed by atoms with van der Waals surface area (Å²) in [6.45, 7) is -0.359. The number of aliphatic carboxylic acids is 1. The maximum Gasteiger partial charge on any atom is 0.434 e. The van der Waals surface area contributed by atoms with Gasteiger partial charge < -0.3 is 5.11 Å². The van der Waals surface area contributed by atoms with Gasteiger partial charge in [-0.1, -0.05) is 0 Å². The standard InChI is InChI=1S/C11H14F3N3O4S/c1-16-9(11(12,13)14)8(5-15-16)22(20,21)17-4-2-3-7(6-17)10(18)19/h5,7H,2-4,6H2,1H3,(H,18,19). The van der Waals surface area contributed by atoms with Crippen molar-refractivity contribution in [2.24, 2.45) is 13.0 Å². The van der Waals surface area contributed by atoms with Gasteiger partial charge in [0.05, 0.1) is 12.1 Å². The summed E-state index contributed by atoms with van der Waals surface area (Å²) in [6, 6.07) is 0. The highest BCUT2D eigenvalue weighted by Gasteiger charge is 2.44. The minimum atomic E-state index is -4.88. The number of carboxylic acids is 1. The van der Waals surface area contributed by atoms with E-state index in [-0.39, 0.29) is 19.5 Å². The number of hydrogen-bond donors (Lipinski definition) is 1. The minimum Gasteiger partial charge on any atom is -0.481 e. The van der Waals surface area contributed by atoms with Crippen molar-refractivity contribution in [2.75, 3.05) is 13.1 Å². The van der Waals surface area contributed by atoms with E-state index in [2.05, 4.69) is 5.10 Å². The summed E-state index contributed by atoms with van der Waals surface area (Å²) < 4.78 is 65.1. The predicted molar refractivity (Wildman–Crippen MR) is 67.3 cm³/mol. The van der Waals surface area contributed by atoms with Crippen LogP contribution in [0.4, 0.5) is 13.2 Å². The van der Waals surface area contributed by atoms with E-state index in [0.29, 0.717) is 17.3 Å². The van der Waals surface area contributed by atoms with Crippen LogP contribution in [0.15, 0.2) is 11.1 Å². The molecule has 0 spiro atoms. The van der Waals surface area contributed by atoms with Crippen molar-refractivity contribution < 1.29 is 31.5 Å². The van der Waals surface area contributed by atoms with Crippen molar-refractivity contribution in [1.29, 1.82) is 0 Å². The van der Waals surface area contributed by atoms with Crippen LogP contribution in [0, 0.1) is 5.92 Å². The fourth-order valence-electron chi connectivity index (χ4n) is 2.43. The zero-order valence-electron chi connectivity index (χ0n) is 11.5. The summed E-state index contributed by atoms with van der Waals surface area (Å²) >= 11 is 0. The molecule has 1 N–H and O–H groups in total. The molecule has 0 amide bonds. The van der Waals surface area contributed by atoms with Gasteiger partial charge in [-0.2, -0.15) is 22.6 Å². The Labute approximate surface area is 124 Å². The Kier molecular flexibility index (Phi) is 4.22. The molecule has 7 nitrogen and oxygen atoms in total. The van der Waals surface area contributed by atoms with Gasteiger partial charge in [0.2, 0.25) is 10.0 Å². The molecule has 2 heterocycles. The van der Waals surface area contributed by atoms with Gasteiger partial charge in [0.15, 0.2) is 5.69 Å². The highest BCUT2D eigenvalue weighted by atomic mass is 32.2. The maximum atomic E-state index is 13.0. The smallest absolute Gasteiger partial charge is 0.434 e. The molecular formula is C11H14F3N3O4S. The van der Waals surface area contributed by atoms with E-state index < -0.39 is 38.7 Å². The topological polar surface area (TPSA) is 92.5 Å². The first kappa shape index (κ1) is 16.7. The van der Waals surface area contributed by atoms with Crippen LogP contribution in [-0.4, -0.2) is 46.7 Å². The summed E-state index contributed by atoms with van der Waals surface area (Å²) in [5.41, 5.74) is -1.37.